The summed E-state index contributed by atoms with van der Waals surface area (Å²) in [5, 5.41) is 12.8. The fraction of sp³-hybridized carbons (Fsp3) is 0.471. The van der Waals surface area contributed by atoms with Crippen molar-refractivity contribution in [2.24, 2.45) is 5.92 Å². The molecule has 2 aromatic rings. The van der Waals surface area contributed by atoms with Crippen molar-refractivity contribution in [2.45, 2.75) is 32.4 Å². The second kappa shape index (κ2) is 6.86. The smallest absolute Gasteiger partial charge is 0.123 e. The number of hydrogen-bond donors (Lipinski definition) is 1. The van der Waals surface area contributed by atoms with Crippen LogP contribution in [0.3, 0.4) is 0 Å². The molecule has 2 atom stereocenters. The van der Waals surface area contributed by atoms with E-state index in [1.165, 1.54) is 12.1 Å². The number of aromatic nitrogens is 1. The molecule has 0 aliphatic carbocycles. The van der Waals surface area contributed by atoms with Gasteiger partial charge in [-0.3, -0.25) is 4.90 Å². The molecule has 118 valence electrons. The second-order valence-electron chi connectivity index (χ2n) is 6.03. The summed E-state index contributed by atoms with van der Waals surface area (Å²) in [5.41, 5.74) is 2.01. The SMILES string of the molecule is CC(O)C1CCCN(Cc2csc(-c3ccc(F)cc3)n2)C1. The summed E-state index contributed by atoms with van der Waals surface area (Å²) >= 11 is 1.59. The predicted molar refractivity (Wildman–Crippen MR) is 87.2 cm³/mol. The molecule has 2 heterocycles. The highest BCUT2D eigenvalue weighted by atomic mass is 32.1. The number of aliphatic hydroxyl groups excluding tert-OH is 1. The van der Waals surface area contributed by atoms with Gasteiger partial charge in [0.15, 0.2) is 0 Å². The number of hydrogen-bond acceptors (Lipinski definition) is 4. The Morgan fingerprint density at radius 2 is 2.18 bits per heavy atom. The Morgan fingerprint density at radius 1 is 1.41 bits per heavy atom. The lowest BCUT2D eigenvalue weighted by Gasteiger charge is -2.33. The van der Waals surface area contributed by atoms with Gasteiger partial charge in [-0.1, -0.05) is 0 Å². The normalized spacial score (nSPS) is 21.0. The molecule has 2 unspecified atom stereocenters. The first-order chi connectivity index (χ1) is 10.6. The van der Waals surface area contributed by atoms with Crippen LogP contribution in [0.15, 0.2) is 29.6 Å². The number of aliphatic hydroxyl groups is 1. The van der Waals surface area contributed by atoms with Crippen molar-refractivity contribution >= 4 is 11.3 Å². The molecule has 1 aliphatic rings. The highest BCUT2D eigenvalue weighted by Gasteiger charge is 2.23. The number of likely N-dealkylation sites (tertiary alicyclic amines) is 1. The number of nitrogens with zero attached hydrogens (tertiary/aromatic N) is 2. The molecule has 1 aliphatic heterocycles. The van der Waals surface area contributed by atoms with E-state index < -0.39 is 0 Å². The molecule has 1 aromatic carbocycles. The van der Waals surface area contributed by atoms with E-state index in [4.69, 9.17) is 0 Å². The zero-order chi connectivity index (χ0) is 15.5. The van der Waals surface area contributed by atoms with Crippen LogP contribution in [0.2, 0.25) is 0 Å². The fourth-order valence-electron chi connectivity index (χ4n) is 2.96. The molecule has 1 saturated heterocycles. The Morgan fingerprint density at radius 3 is 2.91 bits per heavy atom. The van der Waals surface area contributed by atoms with E-state index in [9.17, 15) is 9.50 Å². The average Bonchev–Trinajstić information content (AvgIpc) is 2.96. The molecule has 3 rings (SSSR count). The molecule has 0 saturated carbocycles. The first-order valence-corrected chi connectivity index (χ1v) is 8.60. The molecule has 1 fully saturated rings. The van der Waals surface area contributed by atoms with Gasteiger partial charge in [0.1, 0.15) is 10.8 Å². The monoisotopic (exact) mass is 320 g/mol. The number of piperidine rings is 1. The zero-order valence-corrected chi connectivity index (χ0v) is 13.5. The Bertz CT molecular complexity index is 611. The van der Waals surface area contributed by atoms with E-state index in [2.05, 4.69) is 15.3 Å². The number of benzene rings is 1. The van der Waals surface area contributed by atoms with Crippen molar-refractivity contribution < 1.29 is 9.50 Å². The third kappa shape index (κ3) is 3.72. The van der Waals surface area contributed by atoms with E-state index >= 15 is 0 Å². The Balaban J connectivity index is 1.65. The van der Waals surface area contributed by atoms with Crippen molar-refractivity contribution in [2.75, 3.05) is 13.1 Å². The van der Waals surface area contributed by atoms with Crippen LogP contribution in [0.4, 0.5) is 4.39 Å². The minimum Gasteiger partial charge on any atom is -0.393 e. The first-order valence-electron chi connectivity index (χ1n) is 7.72. The van der Waals surface area contributed by atoms with Gasteiger partial charge in [0.25, 0.3) is 0 Å². The topological polar surface area (TPSA) is 36.4 Å². The Labute approximate surface area is 134 Å². The summed E-state index contributed by atoms with van der Waals surface area (Å²) in [5.74, 6) is 0.141. The Hall–Kier alpha value is -1.30. The zero-order valence-electron chi connectivity index (χ0n) is 12.7. The van der Waals surface area contributed by atoms with E-state index in [1.807, 2.05) is 6.92 Å². The highest BCUT2D eigenvalue weighted by molar-refractivity contribution is 7.13. The lowest BCUT2D eigenvalue weighted by molar-refractivity contribution is 0.0595. The van der Waals surface area contributed by atoms with Gasteiger partial charge in [0, 0.05) is 24.0 Å². The maximum absolute atomic E-state index is 13.0. The third-order valence-electron chi connectivity index (χ3n) is 4.25. The van der Waals surface area contributed by atoms with Crippen LogP contribution in [0.1, 0.15) is 25.5 Å². The van der Waals surface area contributed by atoms with Crippen molar-refractivity contribution in [3.63, 3.8) is 0 Å². The number of halogens is 1. The van der Waals surface area contributed by atoms with E-state index in [0.29, 0.717) is 5.92 Å². The molecule has 0 bridgehead atoms. The van der Waals surface area contributed by atoms with Gasteiger partial charge in [0.05, 0.1) is 11.8 Å². The van der Waals surface area contributed by atoms with Gasteiger partial charge in [-0.2, -0.15) is 0 Å². The van der Waals surface area contributed by atoms with Gasteiger partial charge < -0.3 is 5.11 Å². The molecule has 1 aromatic heterocycles. The summed E-state index contributed by atoms with van der Waals surface area (Å²) in [4.78, 5) is 7.03. The second-order valence-corrected chi connectivity index (χ2v) is 6.89. The van der Waals surface area contributed by atoms with E-state index in [1.54, 1.807) is 23.5 Å². The quantitative estimate of drug-likeness (QED) is 0.936. The average molecular weight is 320 g/mol. The van der Waals surface area contributed by atoms with Gasteiger partial charge in [-0.15, -0.1) is 11.3 Å². The number of thiazole rings is 1. The maximum atomic E-state index is 13.0. The Kier molecular flexibility index (Phi) is 4.86. The van der Waals surface area contributed by atoms with Crippen molar-refractivity contribution in [3.8, 4) is 10.6 Å². The van der Waals surface area contributed by atoms with Crippen molar-refractivity contribution in [1.29, 1.82) is 0 Å². The lowest BCUT2D eigenvalue weighted by Crippen LogP contribution is -2.39. The van der Waals surface area contributed by atoms with Gasteiger partial charge in [-0.25, -0.2) is 9.37 Å². The minimum atomic E-state index is -0.243. The summed E-state index contributed by atoms with van der Waals surface area (Å²) < 4.78 is 13.0. The molecular formula is C17H21FN2OS. The molecule has 0 radical (unpaired) electrons. The molecule has 3 nitrogen and oxygen atoms in total. The highest BCUT2D eigenvalue weighted by Crippen LogP contribution is 2.26. The van der Waals surface area contributed by atoms with Gasteiger partial charge in [-0.05, 0) is 56.5 Å². The minimum absolute atomic E-state index is 0.224. The van der Waals surface area contributed by atoms with Crippen LogP contribution in [0.25, 0.3) is 10.6 Å². The largest absolute Gasteiger partial charge is 0.393 e. The van der Waals surface area contributed by atoms with Crippen LogP contribution >= 0.6 is 11.3 Å². The standard InChI is InChI=1S/C17H21FN2OS/c1-12(21)14-3-2-8-20(9-14)10-16-11-22-17(19-16)13-4-6-15(18)7-5-13/h4-7,11-12,14,21H,2-3,8-10H2,1H3. The fourth-order valence-corrected chi connectivity index (χ4v) is 3.78. The van der Waals surface area contributed by atoms with Gasteiger partial charge >= 0.3 is 0 Å². The summed E-state index contributed by atoms with van der Waals surface area (Å²) in [6, 6.07) is 6.47. The molecule has 0 amide bonds. The predicted octanol–water partition coefficient (Wildman–Crippen LogP) is 3.54. The summed E-state index contributed by atoms with van der Waals surface area (Å²) in [6.07, 6.45) is 1.99. The summed E-state index contributed by atoms with van der Waals surface area (Å²) in [6.45, 7) is 4.69. The first kappa shape index (κ1) is 15.6. The molecule has 5 heteroatoms. The van der Waals surface area contributed by atoms with Crippen LogP contribution in [0, 0.1) is 11.7 Å². The van der Waals surface area contributed by atoms with Crippen LogP contribution < -0.4 is 0 Å². The van der Waals surface area contributed by atoms with Crippen LogP contribution in [-0.2, 0) is 6.54 Å². The van der Waals surface area contributed by atoms with Gasteiger partial charge in [0.2, 0.25) is 0 Å². The lowest BCUT2D eigenvalue weighted by atomic mass is 9.93. The maximum Gasteiger partial charge on any atom is 0.123 e. The van der Waals surface area contributed by atoms with Crippen LogP contribution in [-0.4, -0.2) is 34.2 Å². The third-order valence-corrected chi connectivity index (χ3v) is 5.19. The van der Waals surface area contributed by atoms with E-state index in [0.717, 1.165) is 48.7 Å². The van der Waals surface area contributed by atoms with Crippen LogP contribution in [0.5, 0.6) is 0 Å². The summed E-state index contributed by atoms with van der Waals surface area (Å²) in [7, 11) is 0. The number of rotatable bonds is 4. The van der Waals surface area contributed by atoms with E-state index in [-0.39, 0.29) is 11.9 Å². The van der Waals surface area contributed by atoms with Crippen molar-refractivity contribution in [1.82, 2.24) is 9.88 Å². The molecule has 22 heavy (non-hydrogen) atoms. The molecule has 1 N–H and O–H groups in total. The molecule has 0 spiro atoms. The van der Waals surface area contributed by atoms with Crippen molar-refractivity contribution in [3.05, 3.63) is 41.2 Å². The molecular weight excluding hydrogens is 299 g/mol.